The SMILES string of the molecule is C=C(S)C1=C(C)c2cc3[n-]c(cc4nc(cc5[n-]c(cc1n2)c(C)c5CC)C(C)=C4CCC(=O)O)c(CCC(=O)O)c3C.[Fe+2]. The van der Waals surface area contributed by atoms with E-state index in [9.17, 15) is 19.8 Å². The van der Waals surface area contributed by atoms with Gasteiger partial charge in [-0.1, -0.05) is 60.0 Å². The molecule has 0 spiro atoms. The third-order valence-electron chi connectivity index (χ3n) is 8.33. The second-order valence-electron chi connectivity index (χ2n) is 11.0. The van der Waals surface area contributed by atoms with Crippen LogP contribution in [-0.2, 0) is 39.5 Å². The zero-order valence-electron chi connectivity index (χ0n) is 25.4. The Bertz CT molecular complexity index is 1950. The number of aliphatic carboxylic acids is 2. The summed E-state index contributed by atoms with van der Waals surface area (Å²) in [4.78, 5) is 43.6. The zero-order valence-corrected chi connectivity index (χ0v) is 27.4. The first-order valence-corrected chi connectivity index (χ1v) is 14.7. The van der Waals surface area contributed by atoms with E-state index in [-0.39, 0.29) is 29.9 Å². The van der Waals surface area contributed by atoms with Crippen molar-refractivity contribution in [3.63, 3.8) is 0 Å². The van der Waals surface area contributed by atoms with Crippen molar-refractivity contribution < 1.29 is 36.9 Å². The van der Waals surface area contributed by atoms with E-state index in [1.807, 2.05) is 45.0 Å². The number of carboxylic acid groups (broad SMARTS) is 2. The minimum absolute atomic E-state index is 0. The van der Waals surface area contributed by atoms with Crippen LogP contribution in [0.4, 0.5) is 0 Å². The van der Waals surface area contributed by atoms with Gasteiger partial charge in [-0.15, -0.1) is 34.7 Å². The summed E-state index contributed by atoms with van der Waals surface area (Å²) < 4.78 is 0. The Morgan fingerprint density at radius 2 is 1.23 bits per heavy atom. The maximum Gasteiger partial charge on any atom is 2.00 e. The quantitative estimate of drug-likeness (QED) is 0.177. The van der Waals surface area contributed by atoms with Gasteiger partial charge in [-0.25, -0.2) is 9.97 Å². The number of hydrogen-bond donors (Lipinski definition) is 3. The smallest absolute Gasteiger partial charge is 0.657 e. The molecule has 8 bridgehead atoms. The molecule has 44 heavy (non-hydrogen) atoms. The summed E-state index contributed by atoms with van der Waals surface area (Å²) in [5, 5.41) is 18.9. The number of fused-ring (bicyclic) bond motifs is 8. The topological polar surface area (TPSA) is 129 Å². The van der Waals surface area contributed by atoms with Crippen LogP contribution in [0, 0.1) is 13.8 Å². The Labute approximate surface area is 272 Å². The molecule has 228 valence electrons. The molecule has 0 radical (unpaired) electrons. The summed E-state index contributed by atoms with van der Waals surface area (Å²) in [5.41, 5.74) is 13.0. The maximum atomic E-state index is 11.5. The third-order valence-corrected chi connectivity index (χ3v) is 8.55. The number of rotatable bonds is 8. The Morgan fingerprint density at radius 1 is 0.750 bits per heavy atom. The fraction of sp³-hybridized carbons (Fsp3) is 0.294. The van der Waals surface area contributed by atoms with Crippen molar-refractivity contribution in [2.45, 2.75) is 66.7 Å². The van der Waals surface area contributed by atoms with E-state index < -0.39 is 11.9 Å². The molecule has 5 heterocycles. The first-order chi connectivity index (χ1) is 20.4. The molecule has 5 rings (SSSR count). The minimum atomic E-state index is -0.897. The summed E-state index contributed by atoms with van der Waals surface area (Å²) in [6.07, 6.45) is 1.28. The average Bonchev–Trinajstić information content (AvgIpc) is 3.59. The van der Waals surface area contributed by atoms with Crippen LogP contribution in [0.5, 0.6) is 0 Å². The van der Waals surface area contributed by atoms with Gasteiger partial charge < -0.3 is 20.2 Å². The van der Waals surface area contributed by atoms with Crippen molar-refractivity contribution >= 4 is 68.9 Å². The first kappa shape index (κ1) is 33.1. The molecule has 0 aromatic carbocycles. The number of aryl methyl sites for hydroxylation is 4. The van der Waals surface area contributed by atoms with Crippen molar-refractivity contribution in [3.05, 3.63) is 80.8 Å². The van der Waals surface area contributed by atoms with Crippen LogP contribution in [0.3, 0.4) is 0 Å². The predicted molar refractivity (Wildman–Crippen MR) is 174 cm³/mol. The summed E-state index contributed by atoms with van der Waals surface area (Å²) in [6.45, 7) is 14.1. The van der Waals surface area contributed by atoms with Gasteiger partial charge in [-0.2, -0.15) is 0 Å². The zero-order chi connectivity index (χ0) is 31.2. The van der Waals surface area contributed by atoms with Crippen LogP contribution >= 0.6 is 12.6 Å². The molecule has 2 aliphatic rings. The number of hydrogen-bond acceptors (Lipinski definition) is 5. The van der Waals surface area contributed by atoms with Crippen LogP contribution < -0.4 is 9.97 Å². The van der Waals surface area contributed by atoms with Gasteiger partial charge in [-0.05, 0) is 63.7 Å². The average molecular weight is 651 g/mol. The van der Waals surface area contributed by atoms with Crippen molar-refractivity contribution in [1.29, 1.82) is 0 Å². The van der Waals surface area contributed by atoms with Gasteiger partial charge in [0.15, 0.2) is 0 Å². The van der Waals surface area contributed by atoms with E-state index in [1.165, 1.54) is 0 Å². The Balaban J connectivity index is 0.00000442. The molecule has 2 N–H and O–H groups in total. The second kappa shape index (κ2) is 13.0. The molecule has 0 fully saturated rings. The molecule has 0 amide bonds. The van der Waals surface area contributed by atoms with Crippen molar-refractivity contribution in [1.82, 2.24) is 19.9 Å². The molecule has 0 unspecified atom stereocenters. The fourth-order valence-electron chi connectivity index (χ4n) is 5.92. The normalized spacial score (nSPS) is 12.9. The molecule has 0 saturated carbocycles. The molecule has 3 aromatic rings. The summed E-state index contributed by atoms with van der Waals surface area (Å²) in [6, 6.07) is 7.71. The van der Waals surface area contributed by atoms with Gasteiger partial charge in [0.25, 0.3) is 0 Å². The van der Waals surface area contributed by atoms with Crippen molar-refractivity contribution in [2.75, 3.05) is 0 Å². The van der Waals surface area contributed by atoms with Gasteiger partial charge >= 0.3 is 29.0 Å². The van der Waals surface area contributed by atoms with Crippen LogP contribution in [0.1, 0.15) is 85.1 Å². The molecule has 2 aliphatic heterocycles. The second-order valence-corrected chi connectivity index (χ2v) is 11.5. The van der Waals surface area contributed by atoms with Gasteiger partial charge in [0, 0.05) is 23.3 Å². The van der Waals surface area contributed by atoms with Gasteiger partial charge in [0.05, 0.1) is 22.8 Å². The van der Waals surface area contributed by atoms with E-state index in [1.54, 1.807) is 0 Å². The number of allylic oxidation sites excluding steroid dienone is 4. The molecule has 0 aliphatic carbocycles. The third kappa shape index (κ3) is 6.20. The van der Waals surface area contributed by atoms with Gasteiger partial charge in [0.1, 0.15) is 0 Å². The maximum absolute atomic E-state index is 11.5. The van der Waals surface area contributed by atoms with Crippen LogP contribution in [0.25, 0.3) is 44.4 Å². The van der Waals surface area contributed by atoms with E-state index >= 15 is 0 Å². The van der Waals surface area contributed by atoms with Crippen LogP contribution in [0.2, 0.25) is 0 Å². The van der Waals surface area contributed by atoms with Crippen LogP contribution in [0.15, 0.2) is 35.7 Å². The largest absolute Gasteiger partial charge is 2.00 e. The number of nitrogens with zero attached hydrogens (tertiary/aromatic N) is 4. The van der Waals surface area contributed by atoms with E-state index in [4.69, 9.17) is 19.9 Å². The molecule has 0 saturated heterocycles. The standard InChI is InChI=1S/C34H36N4O4S.Fe/c1-7-21-16(2)26-14-31-34(20(6)43)19(5)27(38-31)12-24-17(3)22(8-10-32(39)40)29(36-24)15-30-23(9-11-33(41)42)18(4)25(37-30)13-28(21)35-26;/h12-15H,6-11H2,1-5H3,(H5,35,36,37,38,39,40,41,42,43);/q;+2/p-2. The summed E-state index contributed by atoms with van der Waals surface area (Å²) >= 11 is 4.59. The number of carbonyl (C=O) groups is 2. The first-order valence-electron chi connectivity index (χ1n) is 14.3. The van der Waals surface area contributed by atoms with E-state index in [0.29, 0.717) is 45.9 Å². The molecular formula is C34H34FeN4O4S. The molecular weight excluding hydrogens is 616 g/mol. The minimum Gasteiger partial charge on any atom is -0.657 e. The molecule has 3 aromatic heterocycles. The Morgan fingerprint density at radius 3 is 1.82 bits per heavy atom. The summed E-state index contributed by atoms with van der Waals surface area (Å²) in [5.74, 6) is -1.79. The number of carboxylic acids is 2. The predicted octanol–water partition coefficient (Wildman–Crippen LogP) is 6.94. The number of aromatic nitrogens is 4. The summed E-state index contributed by atoms with van der Waals surface area (Å²) in [7, 11) is 0. The Hall–Kier alpha value is -3.85. The number of thiol groups is 1. The monoisotopic (exact) mass is 650 g/mol. The molecule has 8 nitrogen and oxygen atoms in total. The van der Waals surface area contributed by atoms with Gasteiger partial charge in [-0.3, -0.25) is 9.59 Å². The van der Waals surface area contributed by atoms with Crippen molar-refractivity contribution in [3.8, 4) is 0 Å². The fourth-order valence-corrected chi connectivity index (χ4v) is 6.20. The Kier molecular flexibility index (Phi) is 9.78. The van der Waals surface area contributed by atoms with Gasteiger partial charge in [0.2, 0.25) is 0 Å². The molecule has 0 atom stereocenters. The van der Waals surface area contributed by atoms with Crippen LogP contribution in [-0.4, -0.2) is 32.1 Å². The van der Waals surface area contributed by atoms with E-state index in [2.05, 4.69) is 33.1 Å². The van der Waals surface area contributed by atoms with E-state index in [0.717, 1.165) is 67.7 Å². The van der Waals surface area contributed by atoms with Crippen molar-refractivity contribution in [2.24, 2.45) is 0 Å². The molecule has 10 heteroatoms.